The summed E-state index contributed by atoms with van der Waals surface area (Å²) in [6, 6.07) is 14.7. The zero-order chi connectivity index (χ0) is 23.5. The van der Waals surface area contributed by atoms with Crippen molar-refractivity contribution in [1.29, 1.82) is 0 Å². The Balaban J connectivity index is 1.49. The summed E-state index contributed by atoms with van der Waals surface area (Å²) in [5, 5.41) is 8.28. The third-order valence-corrected chi connectivity index (χ3v) is 6.76. The number of halogens is 1. The van der Waals surface area contributed by atoms with E-state index in [0.29, 0.717) is 34.6 Å². The molecule has 2 aromatic carbocycles. The molecule has 1 saturated carbocycles. The molecule has 7 nitrogen and oxygen atoms in total. The Bertz CT molecular complexity index is 1220. The first-order valence-corrected chi connectivity index (χ1v) is 12.0. The molecule has 3 aromatic rings. The average Bonchev–Trinajstić information content (AvgIpc) is 3.31. The standard InChI is InChI=1S/C26H27ClN4O3/c1-17-23(25(32)34-19-10-3-2-4-11-19)24(31-26(30-17)28-16-29-31)20-12-6-8-14-22(20)33-15-18-9-5-7-13-21(18)27/h5-9,12-14,16,19,24H,2-4,10-11,15H2,1H3,(H,28,29,30). The summed E-state index contributed by atoms with van der Waals surface area (Å²) in [5.41, 5.74) is 2.90. The lowest BCUT2D eigenvalue weighted by molar-refractivity contribution is -0.146. The maximum absolute atomic E-state index is 13.5. The molecule has 0 spiro atoms. The number of esters is 1. The zero-order valence-electron chi connectivity index (χ0n) is 19.0. The van der Waals surface area contributed by atoms with E-state index in [1.807, 2.05) is 55.5 Å². The zero-order valence-corrected chi connectivity index (χ0v) is 19.8. The van der Waals surface area contributed by atoms with Crippen LogP contribution in [0.2, 0.25) is 5.02 Å². The number of rotatable bonds is 6. The summed E-state index contributed by atoms with van der Waals surface area (Å²) >= 11 is 6.33. The topological polar surface area (TPSA) is 78.3 Å². The Hall–Kier alpha value is -3.32. The van der Waals surface area contributed by atoms with E-state index in [2.05, 4.69) is 15.4 Å². The summed E-state index contributed by atoms with van der Waals surface area (Å²) in [6.45, 7) is 2.17. The van der Waals surface area contributed by atoms with E-state index in [1.54, 1.807) is 4.68 Å². The van der Waals surface area contributed by atoms with E-state index >= 15 is 0 Å². The molecule has 1 aliphatic carbocycles. The Labute approximate surface area is 203 Å². The van der Waals surface area contributed by atoms with Gasteiger partial charge in [0.15, 0.2) is 0 Å². The minimum atomic E-state index is -0.530. The summed E-state index contributed by atoms with van der Waals surface area (Å²) in [6.07, 6.45) is 6.60. The van der Waals surface area contributed by atoms with Gasteiger partial charge in [-0.1, -0.05) is 54.4 Å². The molecule has 1 aliphatic heterocycles. The van der Waals surface area contributed by atoms with Crippen LogP contribution < -0.4 is 10.1 Å². The number of ether oxygens (including phenoxy) is 2. The number of carbonyl (C=O) groups excluding carboxylic acids is 1. The number of benzene rings is 2. The van der Waals surface area contributed by atoms with Crippen LogP contribution in [0.5, 0.6) is 5.75 Å². The molecule has 0 bridgehead atoms. The maximum atomic E-state index is 13.5. The molecule has 1 atom stereocenters. The molecule has 1 aromatic heterocycles. The quantitative estimate of drug-likeness (QED) is 0.459. The van der Waals surface area contributed by atoms with Gasteiger partial charge in [-0.3, -0.25) is 0 Å². The Morgan fingerprint density at radius 1 is 1.12 bits per heavy atom. The minimum Gasteiger partial charge on any atom is -0.488 e. The molecule has 0 amide bonds. The molecule has 1 unspecified atom stereocenters. The summed E-state index contributed by atoms with van der Waals surface area (Å²) in [5.74, 6) is 0.883. The normalized spacial score (nSPS) is 18.2. The molecular weight excluding hydrogens is 452 g/mol. The van der Waals surface area contributed by atoms with E-state index in [0.717, 1.165) is 36.8 Å². The first-order chi connectivity index (χ1) is 16.6. The Kier molecular flexibility index (Phi) is 6.54. The van der Waals surface area contributed by atoms with Gasteiger partial charge in [0.25, 0.3) is 0 Å². The van der Waals surface area contributed by atoms with Gasteiger partial charge >= 0.3 is 5.97 Å². The molecule has 176 valence electrons. The highest BCUT2D eigenvalue weighted by Crippen LogP contribution is 2.40. The van der Waals surface area contributed by atoms with Gasteiger partial charge in [-0.15, -0.1) is 0 Å². The SMILES string of the molecule is CC1=C(C(=O)OC2CCCCC2)C(c2ccccc2OCc2ccccc2Cl)n2ncnc2N1. The molecule has 1 N–H and O–H groups in total. The number of hydrogen-bond acceptors (Lipinski definition) is 6. The highest BCUT2D eigenvalue weighted by molar-refractivity contribution is 6.31. The van der Waals surface area contributed by atoms with E-state index in [-0.39, 0.29) is 12.1 Å². The summed E-state index contributed by atoms with van der Waals surface area (Å²) < 4.78 is 13.9. The van der Waals surface area contributed by atoms with Crippen LogP contribution in [0.25, 0.3) is 0 Å². The third kappa shape index (κ3) is 4.53. The van der Waals surface area contributed by atoms with Crippen LogP contribution in [0.4, 0.5) is 5.95 Å². The summed E-state index contributed by atoms with van der Waals surface area (Å²) in [4.78, 5) is 17.8. The van der Waals surface area contributed by atoms with Crippen molar-refractivity contribution in [2.45, 2.75) is 57.8 Å². The number of allylic oxidation sites excluding steroid dienone is 1. The van der Waals surface area contributed by atoms with Crippen LogP contribution in [-0.2, 0) is 16.1 Å². The molecule has 34 heavy (non-hydrogen) atoms. The number of para-hydroxylation sites is 1. The van der Waals surface area contributed by atoms with Crippen molar-refractivity contribution in [2.75, 3.05) is 5.32 Å². The lowest BCUT2D eigenvalue weighted by Gasteiger charge is -2.31. The van der Waals surface area contributed by atoms with Gasteiger partial charge in [0.1, 0.15) is 30.8 Å². The first-order valence-electron chi connectivity index (χ1n) is 11.6. The van der Waals surface area contributed by atoms with Crippen molar-refractivity contribution < 1.29 is 14.3 Å². The van der Waals surface area contributed by atoms with Crippen molar-refractivity contribution in [2.24, 2.45) is 0 Å². The molecule has 2 aliphatic rings. The lowest BCUT2D eigenvalue weighted by atomic mass is 9.94. The van der Waals surface area contributed by atoms with Crippen LogP contribution in [0.3, 0.4) is 0 Å². The van der Waals surface area contributed by atoms with Crippen LogP contribution in [0, 0.1) is 0 Å². The second kappa shape index (κ2) is 9.89. The molecule has 1 fully saturated rings. The number of fused-ring (bicyclic) bond motifs is 1. The number of carbonyl (C=O) groups is 1. The van der Waals surface area contributed by atoms with Crippen molar-refractivity contribution in [3.63, 3.8) is 0 Å². The highest BCUT2D eigenvalue weighted by atomic mass is 35.5. The number of nitrogens with zero attached hydrogens (tertiary/aromatic N) is 3. The summed E-state index contributed by atoms with van der Waals surface area (Å²) in [7, 11) is 0. The number of hydrogen-bond donors (Lipinski definition) is 1. The molecule has 8 heteroatoms. The van der Waals surface area contributed by atoms with Crippen molar-refractivity contribution in [1.82, 2.24) is 14.8 Å². The van der Waals surface area contributed by atoms with Gasteiger partial charge in [0.05, 0.1) is 5.57 Å². The van der Waals surface area contributed by atoms with Gasteiger partial charge in [-0.2, -0.15) is 10.1 Å². The minimum absolute atomic E-state index is 0.0499. The maximum Gasteiger partial charge on any atom is 0.338 e. The van der Waals surface area contributed by atoms with Gasteiger partial charge in [-0.05, 0) is 44.7 Å². The molecule has 0 saturated heterocycles. The number of nitrogens with one attached hydrogen (secondary N) is 1. The van der Waals surface area contributed by atoms with Crippen molar-refractivity contribution in [3.05, 3.63) is 82.3 Å². The highest BCUT2D eigenvalue weighted by Gasteiger charge is 2.37. The van der Waals surface area contributed by atoms with Crippen LogP contribution in [-0.4, -0.2) is 26.8 Å². The van der Waals surface area contributed by atoms with E-state index in [9.17, 15) is 4.79 Å². The fraction of sp³-hybridized carbons (Fsp3) is 0.346. The van der Waals surface area contributed by atoms with Crippen molar-refractivity contribution >= 4 is 23.5 Å². The predicted molar refractivity (Wildman–Crippen MR) is 130 cm³/mol. The van der Waals surface area contributed by atoms with Crippen LogP contribution in [0.15, 0.2) is 66.1 Å². The van der Waals surface area contributed by atoms with Crippen molar-refractivity contribution in [3.8, 4) is 5.75 Å². The smallest absolute Gasteiger partial charge is 0.338 e. The van der Waals surface area contributed by atoms with Gasteiger partial charge in [-0.25, -0.2) is 9.48 Å². The monoisotopic (exact) mass is 478 g/mol. The van der Waals surface area contributed by atoms with E-state index in [4.69, 9.17) is 21.1 Å². The number of aromatic nitrogens is 3. The second-order valence-electron chi connectivity index (χ2n) is 8.68. The molecule has 0 radical (unpaired) electrons. The van der Waals surface area contributed by atoms with Crippen LogP contribution in [0.1, 0.15) is 56.2 Å². The average molecular weight is 479 g/mol. The molecule has 2 heterocycles. The van der Waals surface area contributed by atoms with Gasteiger partial charge in [0, 0.05) is 21.8 Å². The van der Waals surface area contributed by atoms with Gasteiger partial charge in [0.2, 0.25) is 5.95 Å². The third-order valence-electron chi connectivity index (χ3n) is 6.39. The van der Waals surface area contributed by atoms with Crippen LogP contribution >= 0.6 is 11.6 Å². The predicted octanol–water partition coefficient (Wildman–Crippen LogP) is 5.68. The number of anilines is 1. The first kappa shape index (κ1) is 22.5. The second-order valence-corrected chi connectivity index (χ2v) is 9.08. The largest absolute Gasteiger partial charge is 0.488 e. The lowest BCUT2D eigenvalue weighted by Crippen LogP contribution is -2.32. The molecular formula is C26H27ClN4O3. The van der Waals surface area contributed by atoms with E-state index < -0.39 is 6.04 Å². The molecule has 5 rings (SSSR count). The van der Waals surface area contributed by atoms with Gasteiger partial charge < -0.3 is 14.8 Å². The fourth-order valence-corrected chi connectivity index (χ4v) is 4.84. The Morgan fingerprint density at radius 3 is 2.71 bits per heavy atom. The fourth-order valence-electron chi connectivity index (χ4n) is 4.65. The Morgan fingerprint density at radius 2 is 1.88 bits per heavy atom. The van der Waals surface area contributed by atoms with E-state index in [1.165, 1.54) is 12.7 Å².